The van der Waals surface area contributed by atoms with Crippen LogP contribution in [0.5, 0.6) is 0 Å². The normalized spacial score (nSPS) is 16.6. The molecule has 0 aliphatic heterocycles. The molecule has 0 unspecified atom stereocenters. The third kappa shape index (κ3) is 5.48. The Hall–Kier alpha value is -1.75. The number of carbonyl (C=O) groups is 2. The van der Waals surface area contributed by atoms with Crippen molar-refractivity contribution >= 4 is 18.2 Å². The van der Waals surface area contributed by atoms with Gasteiger partial charge in [0.1, 0.15) is 24.9 Å². The Morgan fingerprint density at radius 2 is 1.95 bits per heavy atom. The lowest BCUT2D eigenvalue weighted by Gasteiger charge is -2.26. The number of aliphatic hydroxyl groups excluding tert-OH is 4. The second kappa shape index (κ2) is 8.43. The standard InChI is InChI=1S/C10H19N3O7/c1-13(10(11)12)2-7(17)20-6(4-15)9(19)8(18)5(16)3-14/h4-6,8-9,14,16,18-19H,2-3H2,1H3,(H3,11,12)/t5-,6+,8-,9-/m1/s1. The van der Waals surface area contributed by atoms with Gasteiger partial charge in [-0.15, -0.1) is 0 Å². The Bertz CT molecular complexity index is 352. The van der Waals surface area contributed by atoms with Gasteiger partial charge in [0.25, 0.3) is 0 Å². The maximum atomic E-state index is 11.4. The van der Waals surface area contributed by atoms with E-state index >= 15 is 0 Å². The van der Waals surface area contributed by atoms with Gasteiger partial charge in [-0.25, -0.2) is 0 Å². The van der Waals surface area contributed by atoms with Gasteiger partial charge >= 0.3 is 5.97 Å². The fraction of sp³-hybridized carbons (Fsp3) is 0.700. The summed E-state index contributed by atoms with van der Waals surface area (Å²) in [6.07, 6.45) is -7.11. The number of esters is 1. The van der Waals surface area contributed by atoms with Crippen LogP contribution in [0.1, 0.15) is 0 Å². The van der Waals surface area contributed by atoms with E-state index in [-0.39, 0.29) is 6.29 Å². The van der Waals surface area contributed by atoms with Crippen LogP contribution in [0, 0.1) is 5.41 Å². The zero-order chi connectivity index (χ0) is 15.9. The summed E-state index contributed by atoms with van der Waals surface area (Å²) in [6.45, 7) is -1.28. The second-order valence-corrected chi connectivity index (χ2v) is 4.06. The first-order chi connectivity index (χ1) is 9.24. The quantitative estimate of drug-likeness (QED) is 0.113. The number of nitrogens with one attached hydrogen (secondary N) is 1. The van der Waals surface area contributed by atoms with Gasteiger partial charge in [-0.1, -0.05) is 0 Å². The highest BCUT2D eigenvalue weighted by Crippen LogP contribution is 2.07. The van der Waals surface area contributed by atoms with Gasteiger partial charge in [-0.05, 0) is 0 Å². The summed E-state index contributed by atoms with van der Waals surface area (Å²) in [7, 11) is 1.33. The van der Waals surface area contributed by atoms with Crippen molar-refractivity contribution < 1.29 is 34.8 Å². The minimum Gasteiger partial charge on any atom is -0.450 e. The highest BCUT2D eigenvalue weighted by atomic mass is 16.6. The largest absolute Gasteiger partial charge is 0.450 e. The van der Waals surface area contributed by atoms with Gasteiger partial charge in [-0.2, -0.15) is 0 Å². The lowest BCUT2D eigenvalue weighted by molar-refractivity contribution is -0.168. The van der Waals surface area contributed by atoms with Crippen molar-refractivity contribution in [2.45, 2.75) is 24.4 Å². The average molecular weight is 293 g/mol. The van der Waals surface area contributed by atoms with Crippen molar-refractivity contribution in [1.82, 2.24) is 4.90 Å². The van der Waals surface area contributed by atoms with Gasteiger partial charge in [0, 0.05) is 7.05 Å². The lowest BCUT2D eigenvalue weighted by atomic mass is 10.0. The Morgan fingerprint density at radius 1 is 1.40 bits per heavy atom. The number of nitrogens with zero attached hydrogens (tertiary/aromatic N) is 1. The van der Waals surface area contributed by atoms with Gasteiger partial charge in [0.2, 0.25) is 0 Å². The second-order valence-electron chi connectivity index (χ2n) is 4.06. The number of hydrogen-bond acceptors (Lipinski definition) is 8. The molecule has 0 heterocycles. The zero-order valence-electron chi connectivity index (χ0n) is 10.8. The molecule has 10 nitrogen and oxygen atoms in total. The van der Waals surface area contributed by atoms with Gasteiger partial charge in [0.15, 0.2) is 18.3 Å². The van der Waals surface area contributed by atoms with Crippen molar-refractivity contribution in [1.29, 1.82) is 5.41 Å². The number of hydrogen-bond donors (Lipinski definition) is 6. The molecule has 0 aliphatic rings. The first kappa shape index (κ1) is 18.2. The molecule has 20 heavy (non-hydrogen) atoms. The smallest absolute Gasteiger partial charge is 0.326 e. The highest BCUT2D eigenvalue weighted by molar-refractivity contribution is 5.81. The fourth-order valence-electron chi connectivity index (χ4n) is 1.18. The predicted molar refractivity (Wildman–Crippen MR) is 65.6 cm³/mol. The molecule has 0 fully saturated rings. The van der Waals surface area contributed by atoms with Crippen molar-refractivity contribution in [3.05, 3.63) is 0 Å². The molecule has 4 atom stereocenters. The number of carbonyl (C=O) groups excluding carboxylic acids is 2. The van der Waals surface area contributed by atoms with Gasteiger partial charge in [-0.3, -0.25) is 15.0 Å². The molecule has 0 radical (unpaired) electrons. The Kier molecular flexibility index (Phi) is 7.69. The number of rotatable bonds is 8. The van der Waals surface area contributed by atoms with E-state index < -0.39 is 49.5 Å². The number of aliphatic hydroxyl groups is 4. The van der Waals surface area contributed by atoms with Crippen LogP contribution in [-0.4, -0.2) is 88.2 Å². The summed E-state index contributed by atoms with van der Waals surface area (Å²) in [5, 5.41) is 43.7. The highest BCUT2D eigenvalue weighted by Gasteiger charge is 2.33. The molecule has 0 aliphatic carbocycles. The van der Waals surface area contributed by atoms with Crippen LogP contribution >= 0.6 is 0 Å². The van der Waals surface area contributed by atoms with E-state index in [2.05, 4.69) is 4.74 Å². The molecule has 0 bridgehead atoms. The van der Waals surface area contributed by atoms with E-state index in [0.717, 1.165) is 4.90 Å². The van der Waals surface area contributed by atoms with Crippen LogP contribution in [0.2, 0.25) is 0 Å². The van der Waals surface area contributed by atoms with Crippen LogP contribution in [0.15, 0.2) is 0 Å². The molecule has 116 valence electrons. The number of ether oxygens (including phenoxy) is 1. The minimum absolute atomic E-state index is 0.0731. The molecule has 0 amide bonds. The number of nitrogens with two attached hydrogens (primary N) is 1. The van der Waals surface area contributed by atoms with Crippen LogP contribution in [0.4, 0.5) is 0 Å². The molecule has 7 N–H and O–H groups in total. The summed E-state index contributed by atoms with van der Waals surface area (Å²) >= 11 is 0. The summed E-state index contributed by atoms with van der Waals surface area (Å²) in [6, 6.07) is 0. The van der Waals surface area contributed by atoms with E-state index in [0.29, 0.717) is 0 Å². The first-order valence-corrected chi connectivity index (χ1v) is 5.59. The van der Waals surface area contributed by atoms with Crippen LogP contribution in [0.3, 0.4) is 0 Å². The van der Waals surface area contributed by atoms with Crippen molar-refractivity contribution in [2.75, 3.05) is 20.2 Å². The molecule has 0 rings (SSSR count). The number of likely N-dealkylation sites (N-methyl/N-ethyl adjacent to an activating group) is 1. The summed E-state index contributed by atoms with van der Waals surface area (Å²) < 4.78 is 4.59. The maximum absolute atomic E-state index is 11.4. The first-order valence-electron chi connectivity index (χ1n) is 5.59. The molecule has 0 saturated carbocycles. The fourth-order valence-corrected chi connectivity index (χ4v) is 1.18. The van der Waals surface area contributed by atoms with E-state index in [1.807, 2.05) is 0 Å². The molecule has 0 aromatic rings. The molecule has 10 heteroatoms. The number of guanidine groups is 1. The monoisotopic (exact) mass is 293 g/mol. The minimum atomic E-state index is -1.90. The summed E-state index contributed by atoms with van der Waals surface area (Å²) in [5.74, 6) is -1.37. The molecular formula is C10H19N3O7. The third-order valence-electron chi connectivity index (χ3n) is 2.45. The topological polar surface area (TPSA) is 177 Å². The Labute approximate surface area is 114 Å². The Morgan fingerprint density at radius 3 is 2.35 bits per heavy atom. The van der Waals surface area contributed by atoms with E-state index in [1.54, 1.807) is 0 Å². The number of aldehydes is 1. The van der Waals surface area contributed by atoms with Crippen molar-refractivity contribution in [2.24, 2.45) is 5.73 Å². The van der Waals surface area contributed by atoms with Gasteiger partial charge < -0.3 is 35.8 Å². The SMILES string of the molecule is CN(CC(=O)O[C@@H](C=O)[C@@H](O)[C@H](O)[C@H](O)CO)C(=N)N. The molecule has 0 saturated heterocycles. The summed E-state index contributed by atoms with van der Waals surface area (Å²) in [5.41, 5.74) is 5.10. The molecule has 0 aromatic carbocycles. The van der Waals surface area contributed by atoms with E-state index in [9.17, 15) is 19.8 Å². The van der Waals surface area contributed by atoms with E-state index in [1.165, 1.54) is 7.05 Å². The van der Waals surface area contributed by atoms with Crippen LogP contribution in [-0.2, 0) is 14.3 Å². The maximum Gasteiger partial charge on any atom is 0.326 e. The van der Waals surface area contributed by atoms with Crippen LogP contribution in [0.25, 0.3) is 0 Å². The lowest BCUT2D eigenvalue weighted by Crippen LogP contribution is -2.49. The van der Waals surface area contributed by atoms with E-state index in [4.69, 9.17) is 21.4 Å². The van der Waals surface area contributed by atoms with Crippen molar-refractivity contribution in [3.8, 4) is 0 Å². The molecule has 0 spiro atoms. The Balaban J connectivity index is 4.57. The molecule has 0 aromatic heterocycles. The summed E-state index contributed by atoms with van der Waals surface area (Å²) in [4.78, 5) is 23.2. The molecular weight excluding hydrogens is 274 g/mol. The zero-order valence-corrected chi connectivity index (χ0v) is 10.8. The third-order valence-corrected chi connectivity index (χ3v) is 2.45. The van der Waals surface area contributed by atoms with Crippen LogP contribution < -0.4 is 5.73 Å². The predicted octanol–water partition coefficient (Wildman–Crippen LogP) is -4.00. The van der Waals surface area contributed by atoms with Crippen molar-refractivity contribution in [3.63, 3.8) is 0 Å². The average Bonchev–Trinajstić information content (AvgIpc) is 2.41. The van der Waals surface area contributed by atoms with Gasteiger partial charge in [0.05, 0.1) is 6.61 Å².